The Bertz CT molecular complexity index is 672. The maximum Gasteiger partial charge on any atom is 0.141 e. The molecule has 0 unspecified atom stereocenters. The van der Waals surface area contributed by atoms with Crippen molar-refractivity contribution in [2.75, 3.05) is 5.73 Å². The average molecular weight is 294 g/mol. The highest BCUT2D eigenvalue weighted by Gasteiger charge is 2.12. The Hall–Kier alpha value is -2.13. The fourth-order valence-electron chi connectivity index (χ4n) is 1.62. The molecule has 0 amide bonds. The summed E-state index contributed by atoms with van der Waals surface area (Å²) in [6, 6.07) is 7.77. The molecule has 0 aliphatic heterocycles. The number of nitriles is 1. The zero-order valence-corrected chi connectivity index (χ0v) is 11.0. The van der Waals surface area contributed by atoms with Crippen LogP contribution < -0.4 is 5.73 Å². The highest BCUT2D eigenvalue weighted by molar-refractivity contribution is 7.98. The molecule has 2 N–H and O–H groups in total. The van der Waals surface area contributed by atoms with Crippen molar-refractivity contribution in [3.63, 3.8) is 0 Å². The lowest BCUT2D eigenvalue weighted by Crippen LogP contribution is -1.94. The second kappa shape index (κ2) is 5.88. The van der Waals surface area contributed by atoms with E-state index in [1.165, 1.54) is 12.1 Å². The third kappa shape index (κ3) is 3.06. The second-order valence-electron chi connectivity index (χ2n) is 4.03. The number of hydrogen-bond donors (Lipinski definition) is 1. The van der Waals surface area contributed by atoms with Crippen molar-refractivity contribution in [3.8, 4) is 6.07 Å². The van der Waals surface area contributed by atoms with Gasteiger partial charge in [0.1, 0.15) is 23.5 Å². The number of nitrogen functional groups attached to an aromatic ring is 1. The third-order valence-corrected chi connectivity index (χ3v) is 3.71. The molecule has 0 aromatic heterocycles. The Morgan fingerprint density at radius 2 is 1.70 bits per heavy atom. The van der Waals surface area contributed by atoms with Gasteiger partial charge in [-0.2, -0.15) is 5.26 Å². The highest BCUT2D eigenvalue weighted by atomic mass is 32.2. The molecule has 0 saturated heterocycles. The SMILES string of the molecule is N#Cc1cc(CSc2c(F)cc(N)cc2F)ccc1F. The minimum atomic E-state index is -0.741. The van der Waals surface area contributed by atoms with Crippen LogP contribution in [0, 0.1) is 28.8 Å². The first kappa shape index (κ1) is 14.3. The van der Waals surface area contributed by atoms with Crippen LogP contribution >= 0.6 is 11.8 Å². The van der Waals surface area contributed by atoms with Gasteiger partial charge in [0, 0.05) is 11.4 Å². The molecule has 0 aliphatic rings. The van der Waals surface area contributed by atoms with E-state index in [1.807, 2.05) is 0 Å². The number of rotatable bonds is 3. The number of thioether (sulfide) groups is 1. The largest absolute Gasteiger partial charge is 0.399 e. The molecule has 2 aromatic rings. The van der Waals surface area contributed by atoms with Crippen molar-refractivity contribution in [3.05, 3.63) is 58.9 Å². The fraction of sp³-hybridized carbons (Fsp3) is 0.0714. The van der Waals surface area contributed by atoms with E-state index in [4.69, 9.17) is 11.0 Å². The van der Waals surface area contributed by atoms with Crippen molar-refractivity contribution in [1.29, 1.82) is 5.26 Å². The van der Waals surface area contributed by atoms with E-state index in [0.29, 0.717) is 5.56 Å². The van der Waals surface area contributed by atoms with Gasteiger partial charge >= 0.3 is 0 Å². The van der Waals surface area contributed by atoms with Crippen LogP contribution in [0.2, 0.25) is 0 Å². The van der Waals surface area contributed by atoms with Crippen LogP contribution in [0.3, 0.4) is 0 Å². The molecule has 0 saturated carbocycles. The van der Waals surface area contributed by atoms with E-state index in [0.717, 1.165) is 30.0 Å². The highest BCUT2D eigenvalue weighted by Crippen LogP contribution is 2.30. The number of halogens is 3. The summed E-state index contributed by atoms with van der Waals surface area (Å²) in [5.74, 6) is -1.89. The molecule has 2 rings (SSSR count). The Balaban J connectivity index is 2.20. The van der Waals surface area contributed by atoms with Gasteiger partial charge in [0.05, 0.1) is 10.5 Å². The number of hydrogen-bond acceptors (Lipinski definition) is 3. The predicted octanol–water partition coefficient (Wildman–Crippen LogP) is 3.85. The van der Waals surface area contributed by atoms with Gasteiger partial charge in [-0.05, 0) is 29.8 Å². The molecule has 0 atom stereocenters. The standard InChI is InChI=1S/C14H9F3N2S/c15-11-2-1-8(3-9(11)6-18)7-20-14-12(16)4-10(19)5-13(14)17/h1-5H,7,19H2. The molecule has 102 valence electrons. The quantitative estimate of drug-likeness (QED) is 0.691. The normalized spacial score (nSPS) is 10.3. The number of anilines is 1. The summed E-state index contributed by atoms with van der Waals surface area (Å²) in [5, 5.41) is 8.72. The summed E-state index contributed by atoms with van der Waals surface area (Å²) in [6.07, 6.45) is 0. The smallest absolute Gasteiger partial charge is 0.141 e. The van der Waals surface area contributed by atoms with E-state index >= 15 is 0 Å². The summed E-state index contributed by atoms with van der Waals surface area (Å²) in [5.41, 5.74) is 5.84. The minimum Gasteiger partial charge on any atom is -0.399 e. The molecule has 0 fully saturated rings. The van der Waals surface area contributed by atoms with Crippen LogP contribution in [0.4, 0.5) is 18.9 Å². The number of benzene rings is 2. The van der Waals surface area contributed by atoms with Crippen LogP contribution in [-0.4, -0.2) is 0 Å². The summed E-state index contributed by atoms with van der Waals surface area (Å²) in [4.78, 5) is -0.151. The van der Waals surface area contributed by atoms with Gasteiger partial charge < -0.3 is 5.73 Å². The van der Waals surface area contributed by atoms with Gasteiger partial charge in [-0.3, -0.25) is 0 Å². The second-order valence-corrected chi connectivity index (χ2v) is 5.01. The summed E-state index contributed by atoms with van der Waals surface area (Å²) in [6.45, 7) is 0. The molecule has 0 heterocycles. The molecule has 0 spiro atoms. The lowest BCUT2D eigenvalue weighted by atomic mass is 10.1. The van der Waals surface area contributed by atoms with E-state index < -0.39 is 17.5 Å². The first-order valence-electron chi connectivity index (χ1n) is 5.57. The van der Waals surface area contributed by atoms with E-state index in [-0.39, 0.29) is 21.9 Å². The molecule has 6 heteroatoms. The van der Waals surface area contributed by atoms with Gasteiger partial charge in [-0.25, -0.2) is 13.2 Å². The van der Waals surface area contributed by atoms with Gasteiger partial charge in [0.2, 0.25) is 0 Å². The van der Waals surface area contributed by atoms with Crippen molar-refractivity contribution < 1.29 is 13.2 Å². The van der Waals surface area contributed by atoms with Crippen molar-refractivity contribution >= 4 is 17.4 Å². The zero-order valence-electron chi connectivity index (χ0n) is 10.2. The fourth-order valence-corrected chi connectivity index (χ4v) is 2.50. The van der Waals surface area contributed by atoms with Crippen LogP contribution in [0.15, 0.2) is 35.2 Å². The first-order chi connectivity index (χ1) is 9.51. The lowest BCUT2D eigenvalue weighted by Gasteiger charge is -2.06. The number of nitrogens with two attached hydrogens (primary N) is 1. The van der Waals surface area contributed by atoms with Crippen LogP contribution in [0.5, 0.6) is 0 Å². The number of nitrogens with zero attached hydrogens (tertiary/aromatic N) is 1. The molecular weight excluding hydrogens is 285 g/mol. The van der Waals surface area contributed by atoms with Crippen molar-refractivity contribution in [1.82, 2.24) is 0 Å². The molecule has 0 aliphatic carbocycles. The third-order valence-electron chi connectivity index (χ3n) is 2.56. The maximum atomic E-state index is 13.6. The Morgan fingerprint density at radius 1 is 1.05 bits per heavy atom. The average Bonchev–Trinajstić information content (AvgIpc) is 2.39. The molecule has 2 nitrogen and oxygen atoms in total. The molecule has 2 aromatic carbocycles. The lowest BCUT2D eigenvalue weighted by molar-refractivity contribution is 0.542. The zero-order chi connectivity index (χ0) is 14.7. The van der Waals surface area contributed by atoms with Crippen molar-refractivity contribution in [2.45, 2.75) is 10.6 Å². The van der Waals surface area contributed by atoms with Crippen LogP contribution in [0.25, 0.3) is 0 Å². The molecule has 0 bridgehead atoms. The molecule has 0 radical (unpaired) electrons. The van der Waals surface area contributed by atoms with Crippen LogP contribution in [0.1, 0.15) is 11.1 Å². The van der Waals surface area contributed by atoms with Gasteiger partial charge in [0.15, 0.2) is 0 Å². The summed E-state index contributed by atoms with van der Waals surface area (Å²) < 4.78 is 40.3. The van der Waals surface area contributed by atoms with Gasteiger partial charge in [-0.1, -0.05) is 6.07 Å². The maximum absolute atomic E-state index is 13.6. The van der Waals surface area contributed by atoms with Gasteiger partial charge in [0.25, 0.3) is 0 Å². The molecule has 20 heavy (non-hydrogen) atoms. The van der Waals surface area contributed by atoms with E-state index in [2.05, 4.69) is 0 Å². The van der Waals surface area contributed by atoms with Gasteiger partial charge in [-0.15, -0.1) is 11.8 Å². The summed E-state index contributed by atoms with van der Waals surface area (Å²) >= 11 is 0.923. The minimum absolute atomic E-state index is 0.0119. The van der Waals surface area contributed by atoms with E-state index in [9.17, 15) is 13.2 Å². The monoisotopic (exact) mass is 294 g/mol. The van der Waals surface area contributed by atoms with Crippen LogP contribution in [-0.2, 0) is 5.75 Å². The van der Waals surface area contributed by atoms with Crippen molar-refractivity contribution in [2.24, 2.45) is 0 Å². The Kier molecular flexibility index (Phi) is 4.20. The predicted molar refractivity (Wildman–Crippen MR) is 71.4 cm³/mol. The summed E-state index contributed by atoms with van der Waals surface area (Å²) in [7, 11) is 0. The Labute approximate surface area is 118 Å². The Morgan fingerprint density at radius 3 is 2.30 bits per heavy atom. The van der Waals surface area contributed by atoms with E-state index in [1.54, 1.807) is 6.07 Å². The first-order valence-corrected chi connectivity index (χ1v) is 6.55. The topological polar surface area (TPSA) is 49.8 Å². The molecular formula is C14H9F3N2S.